The molecule has 1 aliphatic rings. The van der Waals surface area contributed by atoms with Crippen molar-refractivity contribution in [3.8, 4) is 0 Å². The zero-order valence-corrected chi connectivity index (χ0v) is 14.0. The molecule has 1 aromatic rings. The Labute approximate surface area is 140 Å². The number of likely N-dealkylation sites (tertiary alicyclic amines) is 1. The normalized spacial score (nSPS) is 18.1. The Kier molecular flexibility index (Phi) is 6.91. The number of benzene rings is 1. The summed E-state index contributed by atoms with van der Waals surface area (Å²) in [4.78, 5) is 13.4. The zero-order chi connectivity index (χ0) is 16.3. The fraction of sp³-hybridized carbons (Fsp3) is 0.500. The Hall–Kier alpha value is -1.25. The van der Waals surface area contributed by atoms with Crippen LogP contribution in [-0.4, -0.2) is 44.6 Å². The molecule has 1 heterocycles. The Morgan fingerprint density at radius 3 is 2.39 bits per heavy atom. The van der Waals surface area contributed by atoms with Gasteiger partial charge in [-0.1, -0.05) is 12.1 Å². The van der Waals surface area contributed by atoms with Crippen LogP contribution < -0.4 is 5.73 Å². The van der Waals surface area contributed by atoms with Crippen molar-refractivity contribution >= 4 is 28.2 Å². The van der Waals surface area contributed by atoms with E-state index in [2.05, 4.69) is 0 Å². The molecule has 1 aliphatic heterocycles. The van der Waals surface area contributed by atoms with E-state index in [0.29, 0.717) is 31.1 Å². The number of halogens is 3. The maximum absolute atomic E-state index is 12.4. The van der Waals surface area contributed by atoms with E-state index in [-0.39, 0.29) is 24.7 Å². The molecule has 1 amide bonds. The summed E-state index contributed by atoms with van der Waals surface area (Å²) in [5, 5.41) is 0. The second-order valence-electron chi connectivity index (χ2n) is 5.36. The van der Waals surface area contributed by atoms with Crippen LogP contribution in [0.4, 0.5) is 8.78 Å². The van der Waals surface area contributed by atoms with E-state index in [9.17, 15) is 22.0 Å². The third-order valence-corrected chi connectivity index (χ3v) is 5.21. The Morgan fingerprint density at radius 2 is 1.91 bits per heavy atom. The summed E-state index contributed by atoms with van der Waals surface area (Å²) in [6.45, 7) is 1.84. The highest BCUT2D eigenvalue weighted by atomic mass is 35.5. The summed E-state index contributed by atoms with van der Waals surface area (Å²) in [5.41, 5.74) is 6.17. The van der Waals surface area contributed by atoms with Gasteiger partial charge in [0.05, 0.1) is 11.3 Å². The van der Waals surface area contributed by atoms with Gasteiger partial charge in [0, 0.05) is 13.1 Å². The average Bonchev–Trinajstić information content (AvgIpc) is 2.96. The molecule has 0 spiro atoms. The predicted molar refractivity (Wildman–Crippen MR) is 84.3 cm³/mol. The molecule has 1 aromatic carbocycles. The lowest BCUT2D eigenvalue weighted by atomic mass is 10.1. The van der Waals surface area contributed by atoms with E-state index in [4.69, 9.17) is 5.73 Å². The first kappa shape index (κ1) is 19.8. The van der Waals surface area contributed by atoms with Crippen LogP contribution >= 0.6 is 12.4 Å². The summed E-state index contributed by atoms with van der Waals surface area (Å²) in [7, 11) is -4.59. The van der Waals surface area contributed by atoms with Gasteiger partial charge >= 0.3 is 5.76 Å². The number of hydrogen-bond donors (Lipinski definition) is 1. The van der Waals surface area contributed by atoms with Gasteiger partial charge in [0.2, 0.25) is 15.7 Å². The number of alkyl halides is 2. The highest BCUT2D eigenvalue weighted by molar-refractivity contribution is 7.91. The molecule has 0 aromatic heterocycles. The van der Waals surface area contributed by atoms with Gasteiger partial charge in [-0.25, -0.2) is 8.42 Å². The molecule has 0 aliphatic carbocycles. The van der Waals surface area contributed by atoms with Crippen LogP contribution in [0.2, 0.25) is 0 Å². The molecule has 2 N–H and O–H groups in total. The van der Waals surface area contributed by atoms with Crippen LogP contribution in [0.15, 0.2) is 29.2 Å². The third kappa shape index (κ3) is 4.62. The number of carbonyl (C=O) groups is 1. The zero-order valence-electron chi connectivity index (χ0n) is 12.3. The van der Waals surface area contributed by atoms with E-state index in [1.807, 2.05) is 0 Å². The molecule has 0 saturated carbocycles. The summed E-state index contributed by atoms with van der Waals surface area (Å²) < 4.78 is 47.5. The Balaban J connectivity index is 0.00000264. The highest BCUT2D eigenvalue weighted by Gasteiger charge is 2.27. The number of hydrogen-bond acceptors (Lipinski definition) is 4. The number of sulfone groups is 1. The lowest BCUT2D eigenvalue weighted by molar-refractivity contribution is -0.129. The van der Waals surface area contributed by atoms with Crippen molar-refractivity contribution in [2.45, 2.75) is 23.5 Å². The predicted octanol–water partition coefficient (Wildman–Crippen LogP) is 1.45. The summed E-state index contributed by atoms with van der Waals surface area (Å²) >= 11 is 0. The topological polar surface area (TPSA) is 80.5 Å². The highest BCUT2D eigenvalue weighted by Crippen LogP contribution is 2.20. The van der Waals surface area contributed by atoms with Crippen molar-refractivity contribution in [3.63, 3.8) is 0 Å². The molecule has 9 heteroatoms. The van der Waals surface area contributed by atoms with Crippen molar-refractivity contribution in [1.82, 2.24) is 4.90 Å². The second kappa shape index (κ2) is 8.03. The SMILES string of the molecule is Cl.NCC1CCN(C(=O)Cc2ccc(S(=O)(=O)C(F)F)cc2)C1. The Morgan fingerprint density at radius 1 is 1.30 bits per heavy atom. The first-order chi connectivity index (χ1) is 10.3. The monoisotopic (exact) mass is 368 g/mol. The van der Waals surface area contributed by atoms with E-state index in [0.717, 1.165) is 18.6 Å². The number of carbonyl (C=O) groups excluding carboxylic acids is 1. The quantitative estimate of drug-likeness (QED) is 0.853. The number of rotatable bonds is 5. The van der Waals surface area contributed by atoms with E-state index in [1.165, 1.54) is 12.1 Å². The minimum atomic E-state index is -4.59. The second-order valence-corrected chi connectivity index (χ2v) is 7.27. The molecule has 1 atom stereocenters. The lowest BCUT2D eigenvalue weighted by Gasteiger charge is -2.16. The fourth-order valence-corrected chi connectivity index (χ4v) is 3.16. The Bertz CT molecular complexity index is 638. The molecule has 5 nitrogen and oxygen atoms in total. The summed E-state index contributed by atoms with van der Waals surface area (Å²) in [5.74, 6) is -3.19. The third-order valence-electron chi connectivity index (χ3n) is 3.81. The van der Waals surface area contributed by atoms with Gasteiger partial charge in [-0.05, 0) is 36.6 Å². The number of nitrogens with zero attached hydrogens (tertiary/aromatic N) is 1. The van der Waals surface area contributed by atoms with Gasteiger partial charge in [0.15, 0.2) is 0 Å². The molecular weight excluding hydrogens is 350 g/mol. The van der Waals surface area contributed by atoms with Crippen LogP contribution in [0, 0.1) is 5.92 Å². The van der Waals surface area contributed by atoms with Crippen LogP contribution in [-0.2, 0) is 21.1 Å². The molecule has 0 bridgehead atoms. The van der Waals surface area contributed by atoms with E-state index in [1.54, 1.807) is 4.90 Å². The van der Waals surface area contributed by atoms with Gasteiger partial charge in [0.1, 0.15) is 0 Å². The molecule has 0 radical (unpaired) electrons. The fourth-order valence-electron chi connectivity index (χ4n) is 2.44. The van der Waals surface area contributed by atoms with Crippen LogP contribution in [0.1, 0.15) is 12.0 Å². The van der Waals surface area contributed by atoms with E-state index >= 15 is 0 Å². The molecule has 2 rings (SSSR count). The minimum Gasteiger partial charge on any atom is -0.342 e. The first-order valence-corrected chi connectivity index (χ1v) is 8.48. The summed E-state index contributed by atoms with van der Waals surface area (Å²) in [6, 6.07) is 5.00. The molecule has 23 heavy (non-hydrogen) atoms. The standard InChI is InChI=1S/C14H18F2N2O3S.ClH/c15-14(16)22(20,21)12-3-1-10(2-4-12)7-13(19)18-6-5-11(8-17)9-18;/h1-4,11,14H,5-9,17H2;1H. The van der Waals surface area contributed by atoms with E-state index < -0.39 is 20.5 Å². The smallest absolute Gasteiger partial charge is 0.341 e. The van der Waals surface area contributed by atoms with Crippen LogP contribution in [0.3, 0.4) is 0 Å². The maximum atomic E-state index is 12.4. The molecule has 1 saturated heterocycles. The molecule has 1 unspecified atom stereocenters. The first-order valence-electron chi connectivity index (χ1n) is 6.93. The van der Waals surface area contributed by atoms with Crippen molar-refractivity contribution in [3.05, 3.63) is 29.8 Å². The molecular formula is C14H19ClF2N2O3S. The largest absolute Gasteiger partial charge is 0.342 e. The van der Waals surface area contributed by atoms with Crippen molar-refractivity contribution in [1.29, 1.82) is 0 Å². The van der Waals surface area contributed by atoms with Gasteiger partial charge in [0.25, 0.3) is 0 Å². The lowest BCUT2D eigenvalue weighted by Crippen LogP contribution is -2.31. The van der Waals surface area contributed by atoms with Gasteiger partial charge in [-0.15, -0.1) is 12.4 Å². The molecule has 130 valence electrons. The van der Waals surface area contributed by atoms with Crippen molar-refractivity contribution in [2.24, 2.45) is 11.7 Å². The summed E-state index contributed by atoms with van der Waals surface area (Å²) in [6.07, 6.45) is 1.00. The van der Waals surface area contributed by atoms with Gasteiger partial charge < -0.3 is 10.6 Å². The number of nitrogens with two attached hydrogens (primary N) is 1. The van der Waals surface area contributed by atoms with Crippen molar-refractivity contribution < 1.29 is 22.0 Å². The average molecular weight is 369 g/mol. The maximum Gasteiger partial charge on any atom is 0.341 e. The van der Waals surface area contributed by atoms with Crippen molar-refractivity contribution in [2.75, 3.05) is 19.6 Å². The van der Waals surface area contributed by atoms with Crippen LogP contribution in [0.5, 0.6) is 0 Å². The van der Waals surface area contributed by atoms with Gasteiger partial charge in [-0.2, -0.15) is 8.78 Å². The van der Waals surface area contributed by atoms with Gasteiger partial charge in [-0.3, -0.25) is 4.79 Å². The minimum absolute atomic E-state index is 0. The molecule has 1 fully saturated rings. The number of amides is 1. The van der Waals surface area contributed by atoms with Crippen LogP contribution in [0.25, 0.3) is 0 Å².